The van der Waals surface area contributed by atoms with Gasteiger partial charge in [-0.1, -0.05) is 21.1 Å². The lowest BCUT2D eigenvalue weighted by atomic mass is 10.1. The fourth-order valence-electron chi connectivity index (χ4n) is 1.61. The molecule has 0 unspecified atom stereocenters. The molecule has 0 spiro atoms. The van der Waals surface area contributed by atoms with Crippen molar-refractivity contribution in [1.29, 1.82) is 0 Å². The number of halogens is 1. The summed E-state index contributed by atoms with van der Waals surface area (Å²) in [5.41, 5.74) is 7.10. The molecule has 0 aromatic heterocycles. The number of ether oxygens (including phenoxy) is 1. The summed E-state index contributed by atoms with van der Waals surface area (Å²) in [5, 5.41) is 11.6. The molecular weight excluding hydrogens is 308 g/mol. The molecule has 0 aliphatic carbocycles. The first kappa shape index (κ1) is 13.4. The molecule has 2 rings (SSSR count). The molecule has 4 nitrogen and oxygen atoms in total. The maximum atomic E-state index is 8.64. The molecule has 2 aromatic rings. The third kappa shape index (κ3) is 3.26. The molecule has 0 heterocycles. The van der Waals surface area contributed by atoms with E-state index in [0.717, 1.165) is 21.5 Å². The summed E-state index contributed by atoms with van der Waals surface area (Å²) in [6.07, 6.45) is 0. The van der Waals surface area contributed by atoms with E-state index < -0.39 is 0 Å². The first-order valence-corrected chi connectivity index (χ1v) is 6.41. The van der Waals surface area contributed by atoms with Crippen LogP contribution in [0, 0.1) is 6.92 Å². The molecule has 2 aromatic carbocycles. The van der Waals surface area contributed by atoms with Crippen LogP contribution in [0.5, 0.6) is 11.5 Å². The maximum Gasteiger partial charge on any atom is 0.170 e. The molecule has 0 saturated heterocycles. The highest BCUT2D eigenvalue weighted by Gasteiger charge is 2.05. The second-order valence-corrected chi connectivity index (χ2v) is 4.94. The van der Waals surface area contributed by atoms with Crippen LogP contribution in [0.2, 0.25) is 0 Å². The van der Waals surface area contributed by atoms with E-state index in [0.29, 0.717) is 5.56 Å². The molecule has 0 saturated carbocycles. The predicted octanol–water partition coefficient (Wildman–Crippen LogP) is 3.64. The summed E-state index contributed by atoms with van der Waals surface area (Å²) < 4.78 is 6.77. The van der Waals surface area contributed by atoms with E-state index in [1.54, 1.807) is 12.1 Å². The van der Waals surface area contributed by atoms with Crippen LogP contribution in [-0.2, 0) is 0 Å². The van der Waals surface area contributed by atoms with Gasteiger partial charge in [0.2, 0.25) is 0 Å². The fourth-order valence-corrected chi connectivity index (χ4v) is 1.87. The Morgan fingerprint density at radius 2 is 1.89 bits per heavy atom. The monoisotopic (exact) mass is 320 g/mol. The smallest absolute Gasteiger partial charge is 0.170 e. The van der Waals surface area contributed by atoms with Gasteiger partial charge in [-0.15, -0.1) is 0 Å². The van der Waals surface area contributed by atoms with Gasteiger partial charge in [0.15, 0.2) is 5.84 Å². The average Bonchev–Trinajstić information content (AvgIpc) is 2.42. The van der Waals surface area contributed by atoms with E-state index in [-0.39, 0.29) is 5.84 Å². The number of aryl methyl sites for hydroxylation is 1. The zero-order chi connectivity index (χ0) is 13.8. The number of oxime groups is 1. The zero-order valence-electron chi connectivity index (χ0n) is 10.3. The van der Waals surface area contributed by atoms with Gasteiger partial charge in [-0.3, -0.25) is 0 Å². The standard InChI is InChI=1S/C14H13BrN2O2/c1-9-8-10(14(16)17-18)2-7-13(9)19-12-5-3-11(15)4-6-12/h2-8,18H,1H3,(H2,16,17). The van der Waals surface area contributed by atoms with Crippen molar-refractivity contribution >= 4 is 21.8 Å². The number of amidine groups is 1. The third-order valence-corrected chi connectivity index (χ3v) is 3.15. The quantitative estimate of drug-likeness (QED) is 0.392. The van der Waals surface area contributed by atoms with Gasteiger partial charge in [0.1, 0.15) is 11.5 Å². The van der Waals surface area contributed by atoms with Crippen molar-refractivity contribution in [2.75, 3.05) is 0 Å². The van der Waals surface area contributed by atoms with Gasteiger partial charge >= 0.3 is 0 Å². The first-order valence-electron chi connectivity index (χ1n) is 5.62. The summed E-state index contributed by atoms with van der Waals surface area (Å²) in [5.74, 6) is 1.57. The van der Waals surface area contributed by atoms with Crippen molar-refractivity contribution in [2.24, 2.45) is 10.9 Å². The van der Waals surface area contributed by atoms with Crippen LogP contribution in [-0.4, -0.2) is 11.0 Å². The molecule has 5 heteroatoms. The van der Waals surface area contributed by atoms with E-state index in [9.17, 15) is 0 Å². The van der Waals surface area contributed by atoms with Gasteiger partial charge in [-0.25, -0.2) is 0 Å². The van der Waals surface area contributed by atoms with Crippen LogP contribution in [0.15, 0.2) is 52.1 Å². The minimum Gasteiger partial charge on any atom is -0.457 e. The Kier molecular flexibility index (Phi) is 4.06. The van der Waals surface area contributed by atoms with Gasteiger partial charge < -0.3 is 15.7 Å². The van der Waals surface area contributed by atoms with Crippen LogP contribution in [0.25, 0.3) is 0 Å². The Hall–Kier alpha value is -2.01. The maximum absolute atomic E-state index is 8.64. The molecule has 0 bridgehead atoms. The number of nitrogens with zero attached hydrogens (tertiary/aromatic N) is 1. The summed E-state index contributed by atoms with van der Waals surface area (Å²) >= 11 is 3.37. The van der Waals surface area contributed by atoms with E-state index in [1.807, 2.05) is 37.3 Å². The summed E-state index contributed by atoms with van der Waals surface area (Å²) in [6, 6.07) is 12.9. The Bertz CT molecular complexity index is 609. The van der Waals surface area contributed by atoms with Crippen LogP contribution < -0.4 is 10.5 Å². The van der Waals surface area contributed by atoms with E-state index in [2.05, 4.69) is 21.1 Å². The Balaban J connectivity index is 2.24. The second-order valence-electron chi connectivity index (χ2n) is 4.02. The van der Waals surface area contributed by atoms with Crippen molar-refractivity contribution in [3.8, 4) is 11.5 Å². The largest absolute Gasteiger partial charge is 0.457 e. The minimum atomic E-state index is 0.0818. The molecule has 0 aliphatic rings. The zero-order valence-corrected chi connectivity index (χ0v) is 11.9. The number of hydrogen-bond acceptors (Lipinski definition) is 3. The Morgan fingerprint density at radius 1 is 1.21 bits per heavy atom. The summed E-state index contributed by atoms with van der Waals surface area (Å²) in [4.78, 5) is 0. The van der Waals surface area contributed by atoms with Gasteiger partial charge in [-0.05, 0) is 55.0 Å². The van der Waals surface area contributed by atoms with Crippen LogP contribution in [0.3, 0.4) is 0 Å². The molecule has 0 atom stereocenters. The van der Waals surface area contributed by atoms with Crippen LogP contribution in [0.1, 0.15) is 11.1 Å². The minimum absolute atomic E-state index is 0.0818. The first-order chi connectivity index (χ1) is 9.10. The van der Waals surface area contributed by atoms with E-state index >= 15 is 0 Å². The van der Waals surface area contributed by atoms with Crippen molar-refractivity contribution in [2.45, 2.75) is 6.92 Å². The highest BCUT2D eigenvalue weighted by atomic mass is 79.9. The highest BCUT2D eigenvalue weighted by Crippen LogP contribution is 2.26. The van der Waals surface area contributed by atoms with Gasteiger partial charge in [-0.2, -0.15) is 0 Å². The lowest BCUT2D eigenvalue weighted by Gasteiger charge is -2.10. The molecule has 98 valence electrons. The summed E-state index contributed by atoms with van der Waals surface area (Å²) in [7, 11) is 0. The molecule has 0 fully saturated rings. The highest BCUT2D eigenvalue weighted by molar-refractivity contribution is 9.10. The normalized spacial score (nSPS) is 11.4. The predicted molar refractivity (Wildman–Crippen MR) is 77.9 cm³/mol. The van der Waals surface area contributed by atoms with Crippen molar-refractivity contribution < 1.29 is 9.94 Å². The molecular formula is C14H13BrN2O2. The molecule has 0 amide bonds. The molecule has 19 heavy (non-hydrogen) atoms. The van der Waals surface area contributed by atoms with Gasteiger partial charge in [0.05, 0.1) is 0 Å². The molecule has 0 aliphatic heterocycles. The van der Waals surface area contributed by atoms with Crippen molar-refractivity contribution in [3.05, 3.63) is 58.1 Å². The van der Waals surface area contributed by atoms with Gasteiger partial charge in [0, 0.05) is 10.0 Å². The fraction of sp³-hybridized carbons (Fsp3) is 0.0714. The van der Waals surface area contributed by atoms with Crippen LogP contribution in [0.4, 0.5) is 0 Å². The van der Waals surface area contributed by atoms with Crippen LogP contribution >= 0.6 is 15.9 Å². The second kappa shape index (κ2) is 5.75. The number of nitrogens with two attached hydrogens (primary N) is 1. The van der Waals surface area contributed by atoms with Gasteiger partial charge in [0.25, 0.3) is 0 Å². The SMILES string of the molecule is Cc1cc(/C(N)=N/O)ccc1Oc1ccc(Br)cc1. The number of benzene rings is 2. The molecule has 3 N–H and O–H groups in total. The topological polar surface area (TPSA) is 67.8 Å². The van der Waals surface area contributed by atoms with Crippen molar-refractivity contribution in [1.82, 2.24) is 0 Å². The summed E-state index contributed by atoms with van der Waals surface area (Å²) in [6.45, 7) is 1.91. The number of hydrogen-bond donors (Lipinski definition) is 2. The average molecular weight is 321 g/mol. The van der Waals surface area contributed by atoms with E-state index in [1.165, 1.54) is 0 Å². The number of rotatable bonds is 3. The molecule has 0 radical (unpaired) electrons. The Labute approximate surface area is 119 Å². The Morgan fingerprint density at radius 3 is 2.47 bits per heavy atom. The van der Waals surface area contributed by atoms with Crippen molar-refractivity contribution in [3.63, 3.8) is 0 Å². The lowest BCUT2D eigenvalue weighted by Crippen LogP contribution is -2.13. The van der Waals surface area contributed by atoms with E-state index in [4.69, 9.17) is 15.7 Å². The lowest BCUT2D eigenvalue weighted by molar-refractivity contribution is 0.318. The third-order valence-electron chi connectivity index (χ3n) is 2.62.